The van der Waals surface area contributed by atoms with Crippen molar-refractivity contribution in [3.05, 3.63) is 46.3 Å². The van der Waals surface area contributed by atoms with Gasteiger partial charge >= 0.3 is 0 Å². The van der Waals surface area contributed by atoms with E-state index in [0.717, 1.165) is 28.1 Å². The number of piperazine rings is 1. The second kappa shape index (κ2) is 9.30. The molecule has 8 nitrogen and oxygen atoms in total. The van der Waals surface area contributed by atoms with Gasteiger partial charge in [-0.2, -0.15) is 0 Å². The fraction of sp³-hybridized carbons (Fsp3) is 0.500. The first-order chi connectivity index (χ1) is 14.3. The van der Waals surface area contributed by atoms with Gasteiger partial charge in [0.2, 0.25) is 11.8 Å². The topological polar surface area (TPSA) is 87.9 Å². The molecule has 30 heavy (non-hydrogen) atoms. The minimum Gasteiger partial charge on any atom is -0.496 e. The van der Waals surface area contributed by atoms with Crippen molar-refractivity contribution < 1.29 is 18.8 Å². The fourth-order valence-electron chi connectivity index (χ4n) is 3.77. The van der Waals surface area contributed by atoms with Gasteiger partial charge in [-0.15, -0.1) is 0 Å². The molecule has 2 heterocycles. The van der Waals surface area contributed by atoms with Crippen LogP contribution in [0.3, 0.4) is 0 Å². The zero-order chi connectivity index (χ0) is 21.8. The molecule has 8 heteroatoms. The highest BCUT2D eigenvalue weighted by Gasteiger charge is 2.33. The van der Waals surface area contributed by atoms with E-state index in [0.29, 0.717) is 31.9 Å². The highest BCUT2D eigenvalue weighted by molar-refractivity contribution is 5.88. The Bertz CT molecular complexity index is 924. The van der Waals surface area contributed by atoms with Crippen molar-refractivity contribution in [3.8, 4) is 5.75 Å². The van der Waals surface area contributed by atoms with E-state index in [2.05, 4.69) is 22.3 Å². The van der Waals surface area contributed by atoms with Crippen molar-refractivity contribution in [1.82, 2.24) is 20.3 Å². The summed E-state index contributed by atoms with van der Waals surface area (Å²) in [6.07, 6.45) is 0.115. The number of hydrogen-bond donors (Lipinski definition) is 1. The van der Waals surface area contributed by atoms with Crippen molar-refractivity contribution in [3.63, 3.8) is 0 Å². The minimum atomic E-state index is -0.507. The van der Waals surface area contributed by atoms with Crippen LogP contribution in [0.5, 0.6) is 5.75 Å². The largest absolute Gasteiger partial charge is 0.496 e. The minimum absolute atomic E-state index is 0.110. The number of nitrogens with zero attached hydrogens (tertiary/aromatic N) is 3. The second-order valence-electron chi connectivity index (χ2n) is 7.84. The molecule has 1 saturated heterocycles. The van der Waals surface area contributed by atoms with Crippen LogP contribution < -0.4 is 10.1 Å². The molecule has 2 amide bonds. The summed E-state index contributed by atoms with van der Waals surface area (Å²) in [6.45, 7) is 8.12. The Kier molecular flexibility index (Phi) is 6.77. The molecule has 0 saturated carbocycles. The van der Waals surface area contributed by atoms with Gasteiger partial charge in [0.1, 0.15) is 5.75 Å². The van der Waals surface area contributed by atoms with E-state index in [1.807, 2.05) is 26.0 Å². The Morgan fingerprint density at radius 3 is 2.77 bits per heavy atom. The Morgan fingerprint density at radius 2 is 2.10 bits per heavy atom. The number of carbonyl (C=O) groups is 2. The summed E-state index contributed by atoms with van der Waals surface area (Å²) < 4.78 is 10.6. The van der Waals surface area contributed by atoms with Crippen LogP contribution in [-0.2, 0) is 22.7 Å². The van der Waals surface area contributed by atoms with Gasteiger partial charge in [0.15, 0.2) is 5.76 Å². The first-order valence-electron chi connectivity index (χ1n) is 10.1. The van der Waals surface area contributed by atoms with Crippen LogP contribution in [0.15, 0.2) is 22.7 Å². The van der Waals surface area contributed by atoms with Crippen LogP contribution in [0.25, 0.3) is 0 Å². The first kappa shape index (κ1) is 21.8. The van der Waals surface area contributed by atoms with Crippen LogP contribution in [0.2, 0.25) is 0 Å². The number of amides is 2. The fourth-order valence-corrected chi connectivity index (χ4v) is 3.77. The molecule has 0 radical (unpaired) electrons. The van der Waals surface area contributed by atoms with E-state index in [-0.39, 0.29) is 18.2 Å². The lowest BCUT2D eigenvalue weighted by Crippen LogP contribution is -2.56. The predicted molar refractivity (Wildman–Crippen MR) is 112 cm³/mol. The number of benzene rings is 1. The van der Waals surface area contributed by atoms with Crippen LogP contribution in [0.4, 0.5) is 0 Å². The van der Waals surface area contributed by atoms with Crippen molar-refractivity contribution in [2.45, 2.75) is 46.3 Å². The molecule has 1 fully saturated rings. The van der Waals surface area contributed by atoms with Crippen LogP contribution in [0, 0.1) is 20.8 Å². The molecule has 0 spiro atoms. The third-order valence-electron chi connectivity index (χ3n) is 5.75. The second-order valence-corrected chi connectivity index (χ2v) is 7.84. The zero-order valence-electron chi connectivity index (χ0n) is 18.3. The molecule has 162 valence electrons. The molecule has 1 N–H and O–H groups in total. The number of aromatic nitrogens is 1. The molecule has 1 aromatic heterocycles. The smallest absolute Gasteiger partial charge is 0.237 e. The van der Waals surface area contributed by atoms with Crippen molar-refractivity contribution >= 4 is 11.8 Å². The average molecular weight is 415 g/mol. The highest BCUT2D eigenvalue weighted by Crippen LogP contribution is 2.26. The van der Waals surface area contributed by atoms with Crippen LogP contribution in [0.1, 0.15) is 34.6 Å². The molecule has 0 aliphatic carbocycles. The quantitative estimate of drug-likeness (QED) is 0.745. The van der Waals surface area contributed by atoms with E-state index in [1.165, 1.54) is 0 Å². The lowest BCUT2D eigenvalue weighted by Gasteiger charge is -2.35. The zero-order valence-corrected chi connectivity index (χ0v) is 18.3. The maximum atomic E-state index is 12.8. The van der Waals surface area contributed by atoms with Gasteiger partial charge in [0.25, 0.3) is 0 Å². The molecule has 1 aliphatic rings. The summed E-state index contributed by atoms with van der Waals surface area (Å²) in [4.78, 5) is 29.1. The molecule has 1 aromatic carbocycles. The number of hydrogen-bond acceptors (Lipinski definition) is 6. The molecular formula is C22H30N4O4. The van der Waals surface area contributed by atoms with Gasteiger partial charge in [0, 0.05) is 32.7 Å². The van der Waals surface area contributed by atoms with Gasteiger partial charge in [-0.25, -0.2) is 0 Å². The van der Waals surface area contributed by atoms with Crippen molar-refractivity contribution in [2.24, 2.45) is 0 Å². The lowest BCUT2D eigenvalue weighted by molar-refractivity contribution is -0.138. The molecule has 3 rings (SSSR count). The summed E-state index contributed by atoms with van der Waals surface area (Å²) in [7, 11) is 3.37. The first-order valence-corrected chi connectivity index (χ1v) is 10.1. The maximum Gasteiger partial charge on any atom is 0.237 e. The molecule has 0 bridgehead atoms. The van der Waals surface area contributed by atoms with E-state index in [4.69, 9.17) is 9.26 Å². The molecule has 1 atom stereocenters. The Morgan fingerprint density at radius 1 is 1.33 bits per heavy atom. The summed E-state index contributed by atoms with van der Waals surface area (Å²) in [5.41, 5.74) is 4.13. The van der Waals surface area contributed by atoms with Gasteiger partial charge in [-0.3, -0.25) is 14.5 Å². The van der Waals surface area contributed by atoms with E-state index < -0.39 is 6.04 Å². The monoisotopic (exact) mass is 414 g/mol. The number of aryl methyl sites for hydroxylation is 1. The number of carbonyl (C=O) groups excluding carboxylic acids is 2. The van der Waals surface area contributed by atoms with Gasteiger partial charge < -0.3 is 19.5 Å². The Balaban J connectivity index is 1.71. The maximum absolute atomic E-state index is 12.8. The van der Waals surface area contributed by atoms with Crippen LogP contribution >= 0.6 is 0 Å². The lowest BCUT2D eigenvalue weighted by atomic mass is 10.00. The van der Waals surface area contributed by atoms with Crippen LogP contribution in [-0.4, -0.2) is 60.1 Å². The van der Waals surface area contributed by atoms with E-state index >= 15 is 0 Å². The molecule has 1 aliphatic heterocycles. The Hall–Kier alpha value is -2.87. The summed E-state index contributed by atoms with van der Waals surface area (Å²) in [6, 6.07) is 5.28. The van der Waals surface area contributed by atoms with Crippen molar-refractivity contribution in [1.29, 1.82) is 0 Å². The summed E-state index contributed by atoms with van der Waals surface area (Å²) in [5.74, 6) is 1.25. The SMILES string of the molecule is COc1ccc(CN2CCNC(=O)[C@H]2CC(=O)N(C)Cc2cc(C)no2)c(C)c1C. The normalized spacial score (nSPS) is 17.0. The molecular weight excluding hydrogens is 384 g/mol. The van der Waals surface area contributed by atoms with Gasteiger partial charge in [-0.05, 0) is 43.5 Å². The molecule has 2 aromatic rings. The average Bonchev–Trinajstić information content (AvgIpc) is 3.12. The standard InChI is InChI=1S/C22H30N4O4/c1-14-10-18(30-24-14)13-25(4)21(27)11-19-22(28)23-8-9-26(19)12-17-6-7-20(29-5)16(3)15(17)2/h6-7,10,19H,8-9,11-13H2,1-5H3,(H,23,28)/t19-/m1/s1. The van der Waals surface area contributed by atoms with Gasteiger partial charge in [-0.1, -0.05) is 11.2 Å². The van der Waals surface area contributed by atoms with Gasteiger partial charge in [0.05, 0.1) is 31.8 Å². The predicted octanol–water partition coefficient (Wildman–Crippen LogP) is 1.96. The van der Waals surface area contributed by atoms with E-state index in [9.17, 15) is 9.59 Å². The third kappa shape index (κ3) is 4.81. The van der Waals surface area contributed by atoms with E-state index in [1.54, 1.807) is 25.1 Å². The summed E-state index contributed by atoms with van der Waals surface area (Å²) in [5, 5.41) is 6.74. The van der Waals surface area contributed by atoms with Crippen molar-refractivity contribution in [2.75, 3.05) is 27.2 Å². The number of nitrogens with one attached hydrogen (secondary N) is 1. The third-order valence-corrected chi connectivity index (χ3v) is 5.75. The highest BCUT2D eigenvalue weighted by atomic mass is 16.5. The number of ether oxygens (including phenoxy) is 1. The molecule has 0 unspecified atom stereocenters. The summed E-state index contributed by atoms with van der Waals surface area (Å²) >= 11 is 0. The number of methoxy groups -OCH3 is 1. The number of rotatable bonds is 7. The Labute approximate surface area is 177 Å².